The summed E-state index contributed by atoms with van der Waals surface area (Å²) in [5.74, 6) is 0.741. The lowest BCUT2D eigenvalue weighted by atomic mass is 9.69. The molecule has 0 saturated heterocycles. The SMILES string of the molecule is C=C1NC2=C(C(=O)CC(c3ccc(OC)c(OC)c3)C2)C(c2cccc(Oc3ccccc3)c2)C1C(=O)OCC. The maximum absolute atomic E-state index is 13.9. The summed E-state index contributed by atoms with van der Waals surface area (Å²) in [5, 5.41) is 3.32. The number of rotatable bonds is 8. The summed E-state index contributed by atoms with van der Waals surface area (Å²) in [5.41, 5.74) is 3.66. The first-order valence-corrected chi connectivity index (χ1v) is 13.4. The van der Waals surface area contributed by atoms with Gasteiger partial charge in [-0.25, -0.2) is 0 Å². The Bertz CT molecular complexity index is 1460. The standard InChI is InChI=1S/C33H33NO6/c1-5-39-33(36)30-20(2)34-26-17-23(21-14-15-28(37-3)29(19-21)38-4)18-27(35)32(26)31(30)22-10-9-13-25(16-22)40-24-11-7-6-8-12-24/h6-16,19,23,30-31,34H,2,5,17-18H2,1,3-4H3. The number of carbonyl (C=O) groups excluding carboxylic acids is 2. The molecule has 3 aromatic rings. The van der Waals surface area contributed by atoms with Gasteiger partial charge in [-0.2, -0.15) is 0 Å². The van der Waals surface area contributed by atoms with Crippen LogP contribution in [0.25, 0.3) is 0 Å². The number of ether oxygens (including phenoxy) is 4. The molecular formula is C33H33NO6. The minimum atomic E-state index is -0.757. The van der Waals surface area contributed by atoms with E-state index in [4.69, 9.17) is 18.9 Å². The van der Waals surface area contributed by atoms with E-state index < -0.39 is 17.8 Å². The summed E-state index contributed by atoms with van der Waals surface area (Å²) < 4.78 is 22.4. The zero-order valence-corrected chi connectivity index (χ0v) is 22.9. The van der Waals surface area contributed by atoms with Gasteiger partial charge in [0.15, 0.2) is 17.3 Å². The third-order valence-corrected chi connectivity index (χ3v) is 7.45. The molecule has 1 N–H and O–H groups in total. The Labute approximate surface area is 234 Å². The second kappa shape index (κ2) is 11.7. The van der Waals surface area contributed by atoms with Crippen LogP contribution >= 0.6 is 0 Å². The van der Waals surface area contributed by atoms with E-state index >= 15 is 0 Å². The predicted octanol–water partition coefficient (Wildman–Crippen LogP) is 6.28. The summed E-state index contributed by atoms with van der Waals surface area (Å²) in [4.78, 5) is 27.2. The zero-order chi connectivity index (χ0) is 28.2. The molecule has 7 nitrogen and oxygen atoms in total. The maximum Gasteiger partial charge on any atom is 0.315 e. The van der Waals surface area contributed by atoms with Crippen molar-refractivity contribution in [3.8, 4) is 23.0 Å². The highest BCUT2D eigenvalue weighted by Gasteiger charge is 2.45. The molecule has 2 aliphatic rings. The van der Waals surface area contributed by atoms with Crippen molar-refractivity contribution in [1.29, 1.82) is 0 Å². The minimum Gasteiger partial charge on any atom is -0.493 e. The lowest BCUT2D eigenvalue weighted by Crippen LogP contribution is -2.42. The fraction of sp³-hybridized carbons (Fsp3) is 0.273. The van der Waals surface area contributed by atoms with Crippen LogP contribution in [-0.4, -0.2) is 32.6 Å². The molecule has 0 bridgehead atoms. The molecule has 40 heavy (non-hydrogen) atoms. The van der Waals surface area contributed by atoms with E-state index in [-0.39, 0.29) is 18.3 Å². The summed E-state index contributed by atoms with van der Waals surface area (Å²) in [6.45, 7) is 6.20. The third kappa shape index (κ3) is 5.32. The van der Waals surface area contributed by atoms with Gasteiger partial charge < -0.3 is 24.3 Å². The van der Waals surface area contributed by atoms with Gasteiger partial charge in [-0.1, -0.05) is 43.0 Å². The van der Waals surface area contributed by atoms with E-state index in [9.17, 15) is 9.59 Å². The Hall–Kier alpha value is -4.52. The largest absolute Gasteiger partial charge is 0.493 e. The number of benzene rings is 3. The Morgan fingerprint density at radius 2 is 1.65 bits per heavy atom. The molecule has 206 valence electrons. The zero-order valence-electron chi connectivity index (χ0n) is 22.9. The van der Waals surface area contributed by atoms with Crippen LogP contribution in [-0.2, 0) is 14.3 Å². The highest BCUT2D eigenvalue weighted by molar-refractivity contribution is 6.01. The van der Waals surface area contributed by atoms with Crippen LogP contribution in [0.5, 0.6) is 23.0 Å². The van der Waals surface area contributed by atoms with Gasteiger partial charge in [0, 0.05) is 29.3 Å². The van der Waals surface area contributed by atoms with Crippen molar-refractivity contribution in [2.45, 2.75) is 31.6 Å². The summed E-state index contributed by atoms with van der Waals surface area (Å²) in [6.07, 6.45) is 0.885. The first-order chi connectivity index (χ1) is 19.4. The van der Waals surface area contributed by atoms with E-state index in [1.165, 1.54) is 0 Å². The molecule has 3 aromatic carbocycles. The Morgan fingerprint density at radius 1 is 0.900 bits per heavy atom. The highest BCUT2D eigenvalue weighted by Crippen LogP contribution is 2.48. The van der Waals surface area contributed by atoms with Gasteiger partial charge in [-0.3, -0.25) is 9.59 Å². The molecule has 1 heterocycles. The van der Waals surface area contributed by atoms with E-state index in [1.807, 2.05) is 72.8 Å². The molecule has 5 rings (SSSR count). The topological polar surface area (TPSA) is 83.1 Å². The second-order valence-corrected chi connectivity index (χ2v) is 9.88. The van der Waals surface area contributed by atoms with Crippen molar-refractivity contribution < 1.29 is 28.5 Å². The van der Waals surface area contributed by atoms with Crippen LogP contribution in [0.2, 0.25) is 0 Å². The Balaban J connectivity index is 1.55. The fourth-order valence-corrected chi connectivity index (χ4v) is 5.66. The molecule has 0 radical (unpaired) electrons. The number of hydrogen-bond acceptors (Lipinski definition) is 7. The van der Waals surface area contributed by atoms with Crippen LogP contribution in [0.15, 0.2) is 96.3 Å². The van der Waals surface area contributed by atoms with Crippen LogP contribution in [0, 0.1) is 5.92 Å². The molecule has 0 saturated carbocycles. The van der Waals surface area contributed by atoms with Crippen molar-refractivity contribution >= 4 is 11.8 Å². The van der Waals surface area contributed by atoms with Crippen LogP contribution < -0.4 is 19.5 Å². The van der Waals surface area contributed by atoms with Gasteiger partial charge in [0.1, 0.15) is 17.4 Å². The molecule has 3 atom stereocenters. The lowest BCUT2D eigenvalue weighted by molar-refractivity contribution is -0.147. The summed E-state index contributed by atoms with van der Waals surface area (Å²) in [7, 11) is 3.19. The fourth-order valence-electron chi connectivity index (χ4n) is 5.66. The summed E-state index contributed by atoms with van der Waals surface area (Å²) in [6, 6.07) is 22.8. The van der Waals surface area contributed by atoms with Crippen LogP contribution in [0.4, 0.5) is 0 Å². The van der Waals surface area contributed by atoms with E-state index in [0.717, 1.165) is 16.8 Å². The minimum absolute atomic E-state index is 0.0188. The number of nitrogens with one attached hydrogen (secondary N) is 1. The molecule has 0 amide bonds. The van der Waals surface area contributed by atoms with E-state index in [2.05, 4.69) is 11.9 Å². The van der Waals surface area contributed by atoms with Crippen molar-refractivity contribution in [1.82, 2.24) is 5.32 Å². The van der Waals surface area contributed by atoms with Crippen molar-refractivity contribution in [2.75, 3.05) is 20.8 Å². The molecular weight excluding hydrogens is 506 g/mol. The predicted molar refractivity (Wildman–Crippen MR) is 152 cm³/mol. The van der Waals surface area contributed by atoms with Gasteiger partial charge >= 0.3 is 5.97 Å². The number of Topliss-reactive ketones (excluding diaryl/α,β-unsaturated/α-hetero) is 1. The number of methoxy groups -OCH3 is 2. The highest BCUT2D eigenvalue weighted by atomic mass is 16.5. The quantitative estimate of drug-likeness (QED) is 0.338. The van der Waals surface area contributed by atoms with Crippen LogP contribution in [0.1, 0.15) is 42.7 Å². The van der Waals surface area contributed by atoms with Crippen molar-refractivity contribution in [2.24, 2.45) is 5.92 Å². The van der Waals surface area contributed by atoms with Gasteiger partial charge in [0.2, 0.25) is 0 Å². The van der Waals surface area contributed by atoms with Gasteiger partial charge in [-0.15, -0.1) is 0 Å². The molecule has 3 unspecified atom stereocenters. The lowest BCUT2D eigenvalue weighted by Gasteiger charge is -2.40. The summed E-state index contributed by atoms with van der Waals surface area (Å²) >= 11 is 0. The Morgan fingerprint density at radius 3 is 2.38 bits per heavy atom. The van der Waals surface area contributed by atoms with E-state index in [1.54, 1.807) is 21.1 Å². The average molecular weight is 540 g/mol. The molecule has 0 aromatic heterocycles. The number of ketones is 1. The molecule has 1 aliphatic carbocycles. The number of para-hydroxylation sites is 1. The number of esters is 1. The first kappa shape index (κ1) is 27.1. The van der Waals surface area contributed by atoms with Gasteiger partial charge in [-0.05, 0) is 66.8 Å². The molecule has 1 aliphatic heterocycles. The molecule has 7 heteroatoms. The van der Waals surface area contributed by atoms with Gasteiger partial charge in [0.05, 0.1) is 20.8 Å². The second-order valence-electron chi connectivity index (χ2n) is 9.88. The third-order valence-electron chi connectivity index (χ3n) is 7.45. The first-order valence-electron chi connectivity index (χ1n) is 13.4. The monoisotopic (exact) mass is 539 g/mol. The maximum atomic E-state index is 13.9. The number of allylic oxidation sites excluding steroid dienone is 2. The molecule has 0 fully saturated rings. The Kier molecular flexibility index (Phi) is 7.91. The molecule has 0 spiro atoms. The smallest absolute Gasteiger partial charge is 0.315 e. The normalized spacial score (nSPS) is 20.3. The van der Waals surface area contributed by atoms with Crippen molar-refractivity contribution in [3.05, 3.63) is 107 Å². The average Bonchev–Trinajstić information content (AvgIpc) is 2.96. The van der Waals surface area contributed by atoms with Gasteiger partial charge in [0.25, 0.3) is 0 Å². The van der Waals surface area contributed by atoms with Crippen LogP contribution in [0.3, 0.4) is 0 Å². The van der Waals surface area contributed by atoms with Crippen molar-refractivity contribution in [3.63, 3.8) is 0 Å². The van der Waals surface area contributed by atoms with E-state index in [0.29, 0.717) is 47.1 Å². The number of hydrogen-bond donors (Lipinski definition) is 1. The number of carbonyl (C=O) groups is 2.